The standard InChI is InChI=1S/C8H16N2O3/c1-8(2,5-7(12)13)10-6(11)3-4-9/h3-5,9H2,1-2H3,(H,10,11)(H,12,13). The number of carbonyl (C=O) groups excluding carboxylic acids is 1. The van der Waals surface area contributed by atoms with Crippen molar-refractivity contribution in [3.63, 3.8) is 0 Å². The molecule has 0 spiro atoms. The lowest BCUT2D eigenvalue weighted by molar-refractivity contribution is -0.138. The maximum absolute atomic E-state index is 11.1. The number of hydrogen-bond donors (Lipinski definition) is 3. The lowest BCUT2D eigenvalue weighted by Gasteiger charge is -2.23. The van der Waals surface area contributed by atoms with Gasteiger partial charge in [-0.3, -0.25) is 9.59 Å². The van der Waals surface area contributed by atoms with Crippen LogP contribution in [0.4, 0.5) is 0 Å². The van der Waals surface area contributed by atoms with Crippen molar-refractivity contribution in [2.24, 2.45) is 5.73 Å². The molecule has 5 heteroatoms. The molecule has 0 aliphatic rings. The Labute approximate surface area is 77.3 Å². The highest BCUT2D eigenvalue weighted by atomic mass is 16.4. The summed E-state index contributed by atoms with van der Waals surface area (Å²) >= 11 is 0. The number of rotatable bonds is 5. The molecule has 0 fully saturated rings. The Balaban J connectivity index is 4.00. The number of carbonyl (C=O) groups is 2. The largest absolute Gasteiger partial charge is 0.481 e. The summed E-state index contributed by atoms with van der Waals surface area (Å²) in [5.41, 5.74) is 4.46. The summed E-state index contributed by atoms with van der Waals surface area (Å²) in [5.74, 6) is -1.15. The summed E-state index contributed by atoms with van der Waals surface area (Å²) in [5, 5.41) is 11.1. The van der Waals surface area contributed by atoms with E-state index in [-0.39, 0.29) is 25.3 Å². The molecule has 1 amide bonds. The molecule has 0 aromatic heterocycles. The maximum Gasteiger partial charge on any atom is 0.305 e. The van der Waals surface area contributed by atoms with Gasteiger partial charge in [-0.15, -0.1) is 0 Å². The van der Waals surface area contributed by atoms with E-state index in [4.69, 9.17) is 10.8 Å². The molecule has 0 saturated carbocycles. The number of amides is 1. The van der Waals surface area contributed by atoms with Crippen LogP contribution in [0.1, 0.15) is 26.7 Å². The Hall–Kier alpha value is -1.10. The van der Waals surface area contributed by atoms with E-state index >= 15 is 0 Å². The lowest BCUT2D eigenvalue weighted by Crippen LogP contribution is -2.45. The van der Waals surface area contributed by atoms with Gasteiger partial charge in [0.05, 0.1) is 6.42 Å². The molecule has 0 bridgehead atoms. The molecule has 0 unspecified atom stereocenters. The zero-order chi connectivity index (χ0) is 10.5. The first-order chi connectivity index (χ1) is 5.87. The quantitative estimate of drug-likeness (QED) is 0.552. The molecule has 76 valence electrons. The number of hydrogen-bond acceptors (Lipinski definition) is 3. The Kier molecular flexibility index (Phi) is 4.40. The summed E-state index contributed by atoms with van der Waals surface area (Å²) in [6, 6.07) is 0. The molecule has 0 atom stereocenters. The van der Waals surface area contributed by atoms with Gasteiger partial charge in [0, 0.05) is 18.5 Å². The summed E-state index contributed by atoms with van der Waals surface area (Å²) in [7, 11) is 0. The van der Waals surface area contributed by atoms with Crippen molar-refractivity contribution in [1.82, 2.24) is 5.32 Å². The van der Waals surface area contributed by atoms with Crippen LogP contribution in [0.2, 0.25) is 0 Å². The van der Waals surface area contributed by atoms with Gasteiger partial charge in [-0.25, -0.2) is 0 Å². The lowest BCUT2D eigenvalue weighted by atomic mass is 10.0. The van der Waals surface area contributed by atoms with Crippen molar-refractivity contribution in [1.29, 1.82) is 0 Å². The average Bonchev–Trinajstić information content (AvgIpc) is 1.81. The fourth-order valence-corrected chi connectivity index (χ4v) is 0.993. The van der Waals surface area contributed by atoms with Crippen molar-refractivity contribution >= 4 is 11.9 Å². The normalized spacial score (nSPS) is 11.0. The minimum Gasteiger partial charge on any atom is -0.481 e. The molecule has 0 heterocycles. The first-order valence-corrected chi connectivity index (χ1v) is 4.10. The summed E-state index contributed by atoms with van der Waals surface area (Å²) < 4.78 is 0. The summed E-state index contributed by atoms with van der Waals surface area (Å²) in [6.07, 6.45) is 0.131. The number of nitrogens with two attached hydrogens (primary N) is 1. The van der Waals surface area contributed by atoms with E-state index in [2.05, 4.69) is 5.32 Å². The predicted octanol–water partition coefficient (Wildman–Crippen LogP) is -0.295. The first-order valence-electron chi connectivity index (χ1n) is 4.10. The van der Waals surface area contributed by atoms with Crippen molar-refractivity contribution in [2.75, 3.05) is 6.54 Å². The zero-order valence-electron chi connectivity index (χ0n) is 7.96. The Morgan fingerprint density at radius 1 is 1.46 bits per heavy atom. The molecular weight excluding hydrogens is 172 g/mol. The molecule has 0 aliphatic carbocycles. The SMILES string of the molecule is CC(C)(CC(=O)O)NC(=O)CCN. The average molecular weight is 188 g/mol. The van der Waals surface area contributed by atoms with Crippen molar-refractivity contribution < 1.29 is 14.7 Å². The molecule has 5 nitrogen and oxygen atoms in total. The van der Waals surface area contributed by atoms with E-state index in [0.717, 1.165) is 0 Å². The van der Waals surface area contributed by atoms with E-state index in [1.54, 1.807) is 13.8 Å². The zero-order valence-corrected chi connectivity index (χ0v) is 7.96. The molecule has 13 heavy (non-hydrogen) atoms. The van der Waals surface area contributed by atoms with Crippen LogP contribution < -0.4 is 11.1 Å². The monoisotopic (exact) mass is 188 g/mol. The van der Waals surface area contributed by atoms with Gasteiger partial charge < -0.3 is 16.2 Å². The minimum absolute atomic E-state index is 0.0939. The van der Waals surface area contributed by atoms with Crippen LogP contribution >= 0.6 is 0 Å². The molecule has 0 saturated heterocycles. The Morgan fingerprint density at radius 3 is 2.38 bits per heavy atom. The van der Waals surface area contributed by atoms with Gasteiger partial charge in [-0.1, -0.05) is 0 Å². The van der Waals surface area contributed by atoms with Crippen molar-refractivity contribution in [2.45, 2.75) is 32.2 Å². The molecular formula is C8H16N2O3. The third-order valence-electron chi connectivity index (χ3n) is 1.44. The molecule has 4 N–H and O–H groups in total. The van der Waals surface area contributed by atoms with Crippen LogP contribution in [0.15, 0.2) is 0 Å². The van der Waals surface area contributed by atoms with Gasteiger partial charge in [0.1, 0.15) is 0 Å². The van der Waals surface area contributed by atoms with E-state index in [1.807, 2.05) is 0 Å². The van der Waals surface area contributed by atoms with Crippen LogP contribution in [0, 0.1) is 0 Å². The fourth-order valence-electron chi connectivity index (χ4n) is 0.993. The van der Waals surface area contributed by atoms with E-state index < -0.39 is 11.5 Å². The van der Waals surface area contributed by atoms with Gasteiger partial charge in [-0.2, -0.15) is 0 Å². The van der Waals surface area contributed by atoms with Crippen LogP contribution in [-0.2, 0) is 9.59 Å². The van der Waals surface area contributed by atoms with Crippen molar-refractivity contribution in [3.8, 4) is 0 Å². The second-order valence-corrected chi connectivity index (χ2v) is 3.54. The molecule has 0 radical (unpaired) electrons. The van der Waals surface area contributed by atoms with Gasteiger partial charge in [0.25, 0.3) is 0 Å². The van der Waals surface area contributed by atoms with E-state index in [1.165, 1.54) is 0 Å². The number of nitrogens with one attached hydrogen (secondary N) is 1. The minimum atomic E-state index is -0.932. The third kappa shape index (κ3) is 6.10. The van der Waals surface area contributed by atoms with E-state index in [9.17, 15) is 9.59 Å². The topological polar surface area (TPSA) is 92.4 Å². The predicted molar refractivity (Wildman–Crippen MR) is 48.1 cm³/mol. The van der Waals surface area contributed by atoms with Gasteiger partial charge in [0.15, 0.2) is 0 Å². The van der Waals surface area contributed by atoms with Gasteiger partial charge >= 0.3 is 5.97 Å². The highest BCUT2D eigenvalue weighted by molar-refractivity contribution is 5.78. The second-order valence-electron chi connectivity index (χ2n) is 3.54. The molecule has 0 aromatic rings. The summed E-state index contributed by atoms with van der Waals surface area (Å²) in [6.45, 7) is 3.60. The fraction of sp³-hybridized carbons (Fsp3) is 0.750. The van der Waals surface area contributed by atoms with Crippen LogP contribution in [0.3, 0.4) is 0 Å². The van der Waals surface area contributed by atoms with Gasteiger partial charge in [0.2, 0.25) is 5.91 Å². The highest BCUT2D eigenvalue weighted by Crippen LogP contribution is 2.07. The van der Waals surface area contributed by atoms with Crippen molar-refractivity contribution in [3.05, 3.63) is 0 Å². The number of carboxylic acids is 1. The Bertz CT molecular complexity index is 202. The van der Waals surface area contributed by atoms with Crippen LogP contribution in [0.5, 0.6) is 0 Å². The third-order valence-corrected chi connectivity index (χ3v) is 1.44. The maximum atomic E-state index is 11.1. The second kappa shape index (κ2) is 4.81. The Morgan fingerprint density at radius 2 is 2.00 bits per heavy atom. The highest BCUT2D eigenvalue weighted by Gasteiger charge is 2.23. The van der Waals surface area contributed by atoms with Gasteiger partial charge in [-0.05, 0) is 13.8 Å². The van der Waals surface area contributed by atoms with Crippen LogP contribution in [-0.4, -0.2) is 29.1 Å². The number of carboxylic acid groups (broad SMARTS) is 1. The smallest absolute Gasteiger partial charge is 0.305 e. The van der Waals surface area contributed by atoms with E-state index in [0.29, 0.717) is 0 Å². The number of aliphatic carboxylic acids is 1. The molecule has 0 aromatic carbocycles. The first kappa shape index (κ1) is 11.9. The molecule has 0 rings (SSSR count). The summed E-state index contributed by atoms with van der Waals surface area (Å²) in [4.78, 5) is 21.4. The molecule has 0 aliphatic heterocycles. The van der Waals surface area contributed by atoms with Crippen LogP contribution in [0.25, 0.3) is 0 Å².